The average molecular weight is 1350 g/mol. The van der Waals surface area contributed by atoms with Crippen molar-refractivity contribution >= 4 is 35.5 Å². The van der Waals surface area contributed by atoms with Gasteiger partial charge in [0, 0.05) is 86.8 Å². The maximum atomic E-state index is 14.0. The summed E-state index contributed by atoms with van der Waals surface area (Å²) in [5.74, 6) is 0.0382. The number of fused-ring (bicyclic) bond motifs is 2. The number of para-hydroxylation sites is 1. The normalized spacial score (nSPS) is 24.6. The summed E-state index contributed by atoms with van der Waals surface area (Å²) < 4.78 is 43.5. The van der Waals surface area contributed by atoms with Crippen molar-refractivity contribution in [2.45, 2.75) is 101 Å². The number of benzene rings is 5. The van der Waals surface area contributed by atoms with Gasteiger partial charge in [-0.1, -0.05) is 61.9 Å². The first-order chi connectivity index (χ1) is 47.1. The molecule has 0 aliphatic carbocycles. The molecule has 0 bridgehead atoms. The number of carboxylic acids is 4. The fourth-order valence-corrected chi connectivity index (χ4v) is 14.8. The van der Waals surface area contributed by atoms with Gasteiger partial charge in [-0.3, -0.25) is 33.9 Å². The number of likely N-dealkylation sites (N-methyl/N-ethyl adjacent to an activating group) is 3. The zero-order valence-corrected chi connectivity index (χ0v) is 57.8. The van der Waals surface area contributed by atoms with Gasteiger partial charge in [0.1, 0.15) is 17.2 Å². The van der Waals surface area contributed by atoms with Gasteiger partial charge in [0.15, 0.2) is 23.0 Å². The number of carboxylic acid groups (broad SMARTS) is 4. The number of ether oxygens (including phenoxy) is 8. The van der Waals surface area contributed by atoms with Crippen LogP contribution in [-0.2, 0) is 30.4 Å². The number of carbonyl (C=O) groups excluding carboxylic acids is 1. The predicted octanol–water partition coefficient (Wildman–Crippen LogP) is 9.92. The van der Waals surface area contributed by atoms with E-state index >= 15 is 0 Å². The summed E-state index contributed by atoms with van der Waals surface area (Å²) in [7, 11) is 12.4. The Hall–Kier alpha value is -9.16. The van der Waals surface area contributed by atoms with Crippen molar-refractivity contribution in [2.75, 3.05) is 107 Å². The van der Waals surface area contributed by atoms with Gasteiger partial charge >= 0.3 is 23.9 Å². The minimum absolute atomic E-state index is 0.0495. The van der Waals surface area contributed by atoms with E-state index in [0.29, 0.717) is 54.7 Å². The number of carbonyl (C=O) groups is 5. The molecule has 5 aromatic carbocycles. The second kappa shape index (κ2) is 33.4. The highest BCUT2D eigenvalue weighted by Gasteiger charge is 2.49. The van der Waals surface area contributed by atoms with Crippen molar-refractivity contribution in [3.63, 3.8) is 0 Å². The van der Waals surface area contributed by atoms with E-state index in [1.165, 1.54) is 0 Å². The molecule has 6 aliphatic rings. The lowest BCUT2D eigenvalue weighted by Crippen LogP contribution is -2.44. The molecule has 12 rings (SSSR count). The van der Waals surface area contributed by atoms with Crippen LogP contribution in [-0.4, -0.2) is 201 Å². The van der Waals surface area contributed by atoms with Crippen LogP contribution in [0.1, 0.15) is 98.4 Å². The van der Waals surface area contributed by atoms with E-state index in [1.807, 2.05) is 162 Å². The van der Waals surface area contributed by atoms with Crippen molar-refractivity contribution in [3.05, 3.63) is 155 Å². The molecule has 0 saturated carbocycles. The van der Waals surface area contributed by atoms with Crippen molar-refractivity contribution in [1.82, 2.24) is 24.6 Å². The zero-order chi connectivity index (χ0) is 70.5. The van der Waals surface area contributed by atoms with Gasteiger partial charge in [0.25, 0.3) is 0 Å². The first-order valence-electron chi connectivity index (χ1n) is 33.3. The number of unbranched alkanes of at least 4 members (excludes halogenated alkanes) is 1. The van der Waals surface area contributed by atoms with E-state index in [2.05, 4.69) is 26.6 Å². The first-order valence-corrected chi connectivity index (χ1v) is 33.3. The largest absolute Gasteiger partial charge is 0.497 e. The summed E-state index contributed by atoms with van der Waals surface area (Å²) in [6, 6.07) is 36.0. The Labute approximate surface area is 573 Å². The monoisotopic (exact) mass is 1350 g/mol. The van der Waals surface area contributed by atoms with E-state index in [-0.39, 0.29) is 79.7 Å². The number of pyridine rings is 1. The van der Waals surface area contributed by atoms with Crippen LogP contribution in [0.5, 0.6) is 46.0 Å². The molecule has 7 heterocycles. The molecule has 1 amide bonds. The highest BCUT2D eigenvalue weighted by atomic mass is 16.7. The summed E-state index contributed by atoms with van der Waals surface area (Å²) in [5.41, 5.74) is 5.65. The van der Waals surface area contributed by atoms with Crippen molar-refractivity contribution in [1.29, 1.82) is 0 Å². The van der Waals surface area contributed by atoms with E-state index in [9.17, 15) is 44.4 Å². The molecule has 1 aromatic heterocycles. The van der Waals surface area contributed by atoms with Gasteiger partial charge in [-0.15, -0.1) is 0 Å². The standard InChI is InChI=1S/C33H37N3O8.3C14H19NO3/c1-3-4-13-36(23-8-6-12-34-16-23)29(37)18-35-17-24(22-14-27(40-2)32-28(15-22)42-20-44-32)30(33(38)39)25(35)11-10-21-7-5-9-26-31(21)43-19-41-26;3*1-9-13(14(16)17)12(8-15(9)2)10-4-6-11(18-3)7-5-10/h5-9,12,14-16,24-25,30H,3-4,10-11,13,17-20H2,1-2H3,(H,38,39);3*4-7,9,12-13H,8H2,1-3H3,(H,16,17)/t24-,25+,30-;3*9-,12+,13-/m1000/s1. The predicted molar refractivity (Wildman–Crippen MR) is 368 cm³/mol. The lowest BCUT2D eigenvalue weighted by atomic mass is 9.83. The number of hydrogen-bond donors (Lipinski definition) is 4. The van der Waals surface area contributed by atoms with Gasteiger partial charge in [-0.2, -0.15) is 0 Å². The summed E-state index contributed by atoms with van der Waals surface area (Å²) in [4.78, 5) is 75.6. The number of rotatable bonds is 21. The number of anilines is 1. The molecule has 0 spiro atoms. The molecule has 4 saturated heterocycles. The summed E-state index contributed by atoms with van der Waals surface area (Å²) in [5, 5.41) is 38.8. The van der Waals surface area contributed by atoms with Crippen LogP contribution >= 0.6 is 0 Å². The van der Waals surface area contributed by atoms with E-state index < -0.39 is 41.8 Å². The zero-order valence-electron chi connectivity index (χ0n) is 57.8. The molecule has 4 N–H and O–H groups in total. The van der Waals surface area contributed by atoms with E-state index in [0.717, 1.165) is 83.2 Å². The number of aliphatic carboxylic acids is 4. The maximum Gasteiger partial charge on any atom is 0.308 e. The third-order valence-corrected chi connectivity index (χ3v) is 20.5. The fraction of sp³-hybridized carbons (Fsp3) is 0.467. The number of hydrogen-bond acceptors (Lipinski definition) is 18. The second-order valence-electron chi connectivity index (χ2n) is 26.0. The summed E-state index contributed by atoms with van der Waals surface area (Å²) in [6.45, 7) is 11.6. The maximum absolute atomic E-state index is 14.0. The van der Waals surface area contributed by atoms with Crippen molar-refractivity contribution in [2.24, 2.45) is 23.7 Å². The lowest BCUT2D eigenvalue weighted by Gasteiger charge is -2.29. The Morgan fingerprint density at radius 1 is 0.531 bits per heavy atom. The summed E-state index contributed by atoms with van der Waals surface area (Å²) in [6.07, 6.45) is 6.20. The van der Waals surface area contributed by atoms with Gasteiger partial charge < -0.3 is 77.9 Å². The van der Waals surface area contributed by atoms with Crippen LogP contribution in [0.25, 0.3) is 0 Å². The Bertz CT molecular complexity index is 3460. The number of methoxy groups -OCH3 is 4. The number of nitrogens with zero attached hydrogens (tertiary/aromatic N) is 6. The van der Waals surface area contributed by atoms with Gasteiger partial charge in [-0.25, -0.2) is 0 Å². The molecular weight excluding hydrogens is 1260 g/mol. The van der Waals surface area contributed by atoms with Crippen LogP contribution in [0, 0.1) is 23.7 Å². The minimum Gasteiger partial charge on any atom is -0.497 e. The first kappa shape index (κ1) is 73.1. The van der Waals surface area contributed by atoms with Crippen LogP contribution in [0.4, 0.5) is 5.69 Å². The number of amides is 1. The van der Waals surface area contributed by atoms with Crippen LogP contribution in [0.15, 0.2) is 128 Å². The third kappa shape index (κ3) is 16.7. The molecule has 98 heavy (non-hydrogen) atoms. The molecule has 0 unspecified atom stereocenters. The van der Waals surface area contributed by atoms with Crippen LogP contribution < -0.4 is 42.8 Å². The SMILES string of the molecule is CCCCN(C(=O)CN1C[C@H](c2cc(OC)c3c(c2)OCO3)[C@@H](C(=O)O)[C@@H]1CCc1cccc2c1OCO2)c1cccnc1.COc1ccc([C@H]2CN(C)[C@@H](C)[C@@H]2C(=O)O)cc1.COc1ccc([C@H]2CN(C)[C@@H](C)[C@@H]2C(=O)O)cc1.COc1ccc([C@H]2CN(C)[C@@H](C)[C@@H]2C(=O)O)cc1. The number of aryl methyl sites for hydroxylation is 1. The molecule has 23 heteroatoms. The average Bonchev–Trinajstić information content (AvgIpc) is 1.63. The minimum atomic E-state index is -0.917. The molecule has 526 valence electrons. The summed E-state index contributed by atoms with van der Waals surface area (Å²) >= 11 is 0. The quantitative estimate of drug-likeness (QED) is 0.0522. The Morgan fingerprint density at radius 2 is 0.990 bits per heavy atom. The molecule has 12 atom stereocenters. The molecule has 6 aliphatic heterocycles. The number of aromatic nitrogens is 1. The molecule has 0 radical (unpaired) electrons. The Balaban J connectivity index is 0.000000172. The number of likely N-dealkylation sites (tertiary alicyclic amines) is 4. The molecular formula is C75H94N6O17. The molecule has 4 fully saturated rings. The van der Waals surface area contributed by atoms with E-state index in [4.69, 9.17) is 37.9 Å². The van der Waals surface area contributed by atoms with Crippen molar-refractivity contribution < 1.29 is 82.3 Å². The second-order valence-corrected chi connectivity index (χ2v) is 26.0. The fourth-order valence-electron chi connectivity index (χ4n) is 14.8. The highest BCUT2D eigenvalue weighted by molar-refractivity contribution is 5.94. The lowest BCUT2D eigenvalue weighted by molar-refractivity contribution is -0.144. The third-order valence-electron chi connectivity index (χ3n) is 20.5. The van der Waals surface area contributed by atoms with Crippen LogP contribution in [0.2, 0.25) is 0 Å². The van der Waals surface area contributed by atoms with Gasteiger partial charge in [0.2, 0.25) is 25.2 Å². The topological polar surface area (TPSA) is 269 Å². The van der Waals surface area contributed by atoms with Crippen molar-refractivity contribution in [3.8, 4) is 46.0 Å². The molecule has 6 aromatic rings. The smallest absolute Gasteiger partial charge is 0.308 e. The highest BCUT2D eigenvalue weighted by Crippen LogP contribution is 2.48. The molecule has 23 nitrogen and oxygen atoms in total. The Morgan fingerprint density at radius 3 is 1.42 bits per heavy atom. The van der Waals surface area contributed by atoms with Gasteiger partial charge in [-0.05, 0) is 156 Å². The van der Waals surface area contributed by atoms with Crippen LogP contribution in [0.3, 0.4) is 0 Å². The van der Waals surface area contributed by atoms with Gasteiger partial charge in [0.05, 0.1) is 70.5 Å². The van der Waals surface area contributed by atoms with E-state index in [1.54, 1.807) is 45.7 Å². The Kier molecular flexibility index (Phi) is 24.9.